The number of carbonyl (C=O) groups is 1. The highest BCUT2D eigenvalue weighted by Gasteiger charge is 2.11. The molecule has 2 rings (SSSR count). The van der Waals surface area contributed by atoms with Crippen molar-refractivity contribution in [2.24, 2.45) is 11.0 Å². The fourth-order valence-electron chi connectivity index (χ4n) is 2.08. The summed E-state index contributed by atoms with van der Waals surface area (Å²) in [6, 6.07) is 3.12. The minimum atomic E-state index is -0.329. The van der Waals surface area contributed by atoms with Gasteiger partial charge in [0.25, 0.3) is 5.56 Å². The summed E-state index contributed by atoms with van der Waals surface area (Å²) >= 11 is 13.2. The van der Waals surface area contributed by atoms with E-state index in [1.165, 1.54) is 22.1 Å². The van der Waals surface area contributed by atoms with Crippen LogP contribution in [0.25, 0.3) is 0 Å². The standard InChI is InChI=1S/C15H18Cl2N4O2S/c1-8(2)7-21-14(23)5-10(20-21)4-13(22)19-18-9(3)11-6-12(16)24-15(11)17/h5-6,8,20H,4,7H2,1-3H3,(H,19,22)/b18-9+. The Bertz CT molecular complexity index is 820. The summed E-state index contributed by atoms with van der Waals surface area (Å²) < 4.78 is 2.57. The van der Waals surface area contributed by atoms with E-state index in [9.17, 15) is 9.59 Å². The highest BCUT2D eigenvalue weighted by atomic mass is 35.5. The summed E-state index contributed by atoms with van der Waals surface area (Å²) in [7, 11) is 0. The van der Waals surface area contributed by atoms with Gasteiger partial charge in [0.15, 0.2) is 0 Å². The molecule has 0 spiro atoms. The lowest BCUT2D eigenvalue weighted by Gasteiger charge is -2.05. The van der Waals surface area contributed by atoms with Gasteiger partial charge in [-0.15, -0.1) is 11.3 Å². The van der Waals surface area contributed by atoms with Crippen LogP contribution in [0, 0.1) is 5.92 Å². The van der Waals surface area contributed by atoms with Gasteiger partial charge in [0.1, 0.15) is 4.34 Å². The minimum Gasteiger partial charge on any atom is -0.299 e. The van der Waals surface area contributed by atoms with Crippen molar-refractivity contribution in [2.45, 2.75) is 33.7 Å². The van der Waals surface area contributed by atoms with Crippen molar-refractivity contribution in [3.05, 3.63) is 42.4 Å². The normalized spacial score (nSPS) is 12.0. The average molecular weight is 389 g/mol. The van der Waals surface area contributed by atoms with Crippen LogP contribution in [0.2, 0.25) is 8.67 Å². The second-order valence-electron chi connectivity index (χ2n) is 5.77. The molecule has 130 valence electrons. The highest BCUT2D eigenvalue weighted by molar-refractivity contribution is 7.20. The molecule has 0 atom stereocenters. The van der Waals surface area contributed by atoms with E-state index in [0.29, 0.717) is 38.1 Å². The largest absolute Gasteiger partial charge is 0.299 e. The maximum Gasteiger partial charge on any atom is 0.266 e. The first kappa shape index (κ1) is 18.8. The van der Waals surface area contributed by atoms with Gasteiger partial charge in [-0.05, 0) is 18.9 Å². The third kappa shape index (κ3) is 4.96. The smallest absolute Gasteiger partial charge is 0.266 e. The number of aromatic amines is 1. The van der Waals surface area contributed by atoms with E-state index >= 15 is 0 Å². The second kappa shape index (κ2) is 8.00. The number of hydrogen-bond acceptors (Lipinski definition) is 4. The number of nitrogens with one attached hydrogen (secondary N) is 2. The minimum absolute atomic E-state index is 0.0369. The summed E-state index contributed by atoms with van der Waals surface area (Å²) in [6.45, 7) is 6.33. The molecule has 2 heterocycles. The maximum absolute atomic E-state index is 12.0. The van der Waals surface area contributed by atoms with E-state index in [0.717, 1.165) is 0 Å². The second-order valence-corrected chi connectivity index (χ2v) is 8.06. The molecule has 0 saturated heterocycles. The lowest BCUT2D eigenvalue weighted by Crippen LogP contribution is -2.21. The lowest BCUT2D eigenvalue weighted by atomic mass is 10.2. The molecule has 0 fully saturated rings. The molecule has 24 heavy (non-hydrogen) atoms. The number of H-pyrrole nitrogens is 1. The summed E-state index contributed by atoms with van der Waals surface area (Å²) in [6.07, 6.45) is 0.0369. The number of hydrazone groups is 1. The van der Waals surface area contributed by atoms with Crippen LogP contribution in [-0.2, 0) is 17.8 Å². The molecule has 0 aliphatic carbocycles. The van der Waals surface area contributed by atoms with Crippen molar-refractivity contribution in [3.63, 3.8) is 0 Å². The molecule has 2 aromatic heterocycles. The van der Waals surface area contributed by atoms with Gasteiger partial charge in [-0.3, -0.25) is 19.4 Å². The summed E-state index contributed by atoms with van der Waals surface area (Å²) in [5.41, 5.74) is 4.09. The van der Waals surface area contributed by atoms with Gasteiger partial charge < -0.3 is 0 Å². The first-order valence-electron chi connectivity index (χ1n) is 7.33. The molecule has 0 unspecified atom stereocenters. The van der Waals surface area contributed by atoms with Crippen molar-refractivity contribution in [1.82, 2.24) is 15.2 Å². The number of amides is 1. The summed E-state index contributed by atoms with van der Waals surface area (Å²) in [5, 5.41) is 6.96. The van der Waals surface area contributed by atoms with E-state index in [4.69, 9.17) is 23.2 Å². The molecular formula is C15H18Cl2N4O2S. The molecule has 1 amide bonds. The molecule has 0 radical (unpaired) electrons. The fourth-order valence-corrected chi connectivity index (χ4v) is 3.65. The number of carbonyl (C=O) groups excluding carboxylic acids is 1. The quantitative estimate of drug-likeness (QED) is 0.588. The average Bonchev–Trinajstić information content (AvgIpc) is 2.98. The first-order chi connectivity index (χ1) is 11.3. The topological polar surface area (TPSA) is 79.2 Å². The van der Waals surface area contributed by atoms with Crippen LogP contribution in [0.5, 0.6) is 0 Å². The first-order valence-corrected chi connectivity index (χ1v) is 8.90. The zero-order chi connectivity index (χ0) is 17.9. The summed E-state index contributed by atoms with van der Waals surface area (Å²) in [4.78, 5) is 23.8. The van der Waals surface area contributed by atoms with Crippen LogP contribution in [0.3, 0.4) is 0 Å². The highest BCUT2D eigenvalue weighted by Crippen LogP contribution is 2.31. The third-order valence-corrected chi connectivity index (χ3v) is 4.62. The zero-order valence-corrected chi connectivity index (χ0v) is 15.8. The van der Waals surface area contributed by atoms with Gasteiger partial charge in [-0.1, -0.05) is 37.0 Å². The van der Waals surface area contributed by atoms with E-state index in [1.807, 2.05) is 13.8 Å². The Balaban J connectivity index is 1.99. The Morgan fingerprint density at radius 2 is 2.12 bits per heavy atom. The molecule has 0 aliphatic rings. The number of thiophene rings is 1. The molecule has 9 heteroatoms. The number of aromatic nitrogens is 2. The molecule has 2 aromatic rings. The molecule has 6 nitrogen and oxygen atoms in total. The van der Waals surface area contributed by atoms with Gasteiger partial charge in [-0.25, -0.2) is 5.43 Å². The van der Waals surface area contributed by atoms with Crippen LogP contribution in [-0.4, -0.2) is 21.4 Å². The van der Waals surface area contributed by atoms with E-state index < -0.39 is 0 Å². The van der Waals surface area contributed by atoms with Gasteiger partial charge >= 0.3 is 0 Å². The lowest BCUT2D eigenvalue weighted by molar-refractivity contribution is -0.120. The Morgan fingerprint density at radius 1 is 1.42 bits per heavy atom. The van der Waals surface area contributed by atoms with Crippen molar-refractivity contribution in [1.29, 1.82) is 0 Å². The van der Waals surface area contributed by atoms with Gasteiger partial charge in [-0.2, -0.15) is 5.10 Å². The van der Waals surface area contributed by atoms with Crippen molar-refractivity contribution < 1.29 is 4.79 Å². The van der Waals surface area contributed by atoms with Crippen LogP contribution in [0.4, 0.5) is 0 Å². The van der Waals surface area contributed by atoms with Crippen LogP contribution < -0.4 is 11.0 Å². The molecule has 0 aliphatic heterocycles. The predicted molar refractivity (Wildman–Crippen MR) is 98.3 cm³/mol. The number of rotatable bonds is 6. The van der Waals surface area contributed by atoms with E-state index in [-0.39, 0.29) is 17.9 Å². The zero-order valence-electron chi connectivity index (χ0n) is 13.5. The monoisotopic (exact) mass is 388 g/mol. The number of nitrogens with zero attached hydrogens (tertiary/aromatic N) is 2. The van der Waals surface area contributed by atoms with Crippen LogP contribution >= 0.6 is 34.5 Å². The summed E-state index contributed by atoms with van der Waals surface area (Å²) in [5.74, 6) is 0.00204. The third-order valence-electron chi connectivity index (χ3n) is 3.14. The fraction of sp³-hybridized carbons (Fsp3) is 0.400. The van der Waals surface area contributed by atoms with Crippen molar-refractivity contribution in [3.8, 4) is 0 Å². The SMILES string of the molecule is C/C(=N\NC(=O)Cc1cc(=O)n(CC(C)C)[nH]1)c1cc(Cl)sc1Cl. The molecule has 2 N–H and O–H groups in total. The Morgan fingerprint density at radius 3 is 2.71 bits per heavy atom. The van der Waals surface area contributed by atoms with Crippen LogP contribution in [0.1, 0.15) is 32.0 Å². The van der Waals surface area contributed by atoms with E-state index in [1.54, 1.807) is 13.0 Å². The molecule has 0 aromatic carbocycles. The number of halogens is 2. The Hall–Kier alpha value is -1.57. The van der Waals surface area contributed by atoms with Gasteiger partial charge in [0, 0.05) is 23.9 Å². The van der Waals surface area contributed by atoms with Crippen molar-refractivity contribution in [2.75, 3.05) is 0 Å². The number of hydrogen-bond donors (Lipinski definition) is 2. The Kier molecular flexibility index (Phi) is 6.26. The molecular weight excluding hydrogens is 371 g/mol. The van der Waals surface area contributed by atoms with Crippen molar-refractivity contribution >= 4 is 46.2 Å². The van der Waals surface area contributed by atoms with E-state index in [2.05, 4.69) is 15.6 Å². The predicted octanol–water partition coefficient (Wildman–Crippen LogP) is 3.28. The maximum atomic E-state index is 12.0. The van der Waals surface area contributed by atoms with Crippen LogP contribution in [0.15, 0.2) is 22.0 Å². The Labute approximate surface area is 153 Å². The molecule has 0 bridgehead atoms. The van der Waals surface area contributed by atoms with Gasteiger partial charge in [0.05, 0.1) is 16.5 Å². The van der Waals surface area contributed by atoms with Gasteiger partial charge in [0.2, 0.25) is 5.91 Å². The molecule has 0 saturated carbocycles.